The number of carbonyl (C=O) groups excluding carboxylic acids is 1. The van der Waals surface area contributed by atoms with Gasteiger partial charge in [-0.3, -0.25) is 4.79 Å². The second-order valence-electron chi connectivity index (χ2n) is 5.54. The first kappa shape index (κ1) is 14.2. The summed E-state index contributed by atoms with van der Waals surface area (Å²) in [5.41, 5.74) is 0. The van der Waals surface area contributed by atoms with E-state index in [4.69, 9.17) is 9.47 Å². The van der Waals surface area contributed by atoms with Crippen LogP contribution in [0.25, 0.3) is 0 Å². The van der Waals surface area contributed by atoms with Gasteiger partial charge in [0.05, 0.1) is 6.10 Å². The van der Waals surface area contributed by atoms with Crippen LogP contribution in [0.5, 0.6) is 11.5 Å². The van der Waals surface area contributed by atoms with Gasteiger partial charge in [-0.25, -0.2) is 0 Å². The molecule has 1 aromatic carbocycles. The van der Waals surface area contributed by atoms with E-state index in [2.05, 4.69) is 10.6 Å². The van der Waals surface area contributed by atoms with Crippen LogP contribution >= 0.6 is 0 Å². The number of para-hydroxylation sites is 2. The van der Waals surface area contributed by atoms with Crippen molar-refractivity contribution in [1.82, 2.24) is 10.6 Å². The topological polar surface area (TPSA) is 79.8 Å². The lowest BCUT2D eigenvalue weighted by Crippen LogP contribution is -2.50. The molecule has 0 saturated carbocycles. The molecule has 3 N–H and O–H groups in total. The third kappa shape index (κ3) is 2.96. The number of carbonyl (C=O) groups is 1. The lowest BCUT2D eigenvalue weighted by atomic mass is 10.1. The molecule has 3 rings (SSSR count). The Labute approximate surface area is 123 Å². The molecule has 2 aliphatic rings. The van der Waals surface area contributed by atoms with Crippen molar-refractivity contribution in [3.63, 3.8) is 0 Å². The Balaban J connectivity index is 1.60. The van der Waals surface area contributed by atoms with Gasteiger partial charge in [-0.05, 0) is 19.1 Å². The molecule has 1 amide bonds. The lowest BCUT2D eigenvalue weighted by Gasteiger charge is -2.31. The van der Waals surface area contributed by atoms with Crippen LogP contribution in [0, 0.1) is 5.92 Å². The highest BCUT2D eigenvalue weighted by molar-refractivity contribution is 5.82. The van der Waals surface area contributed by atoms with E-state index in [0.29, 0.717) is 31.1 Å². The summed E-state index contributed by atoms with van der Waals surface area (Å²) < 4.78 is 11.4. The molecule has 2 aliphatic heterocycles. The fourth-order valence-electron chi connectivity index (χ4n) is 2.67. The highest BCUT2D eigenvalue weighted by Gasteiger charge is 2.35. The van der Waals surface area contributed by atoms with Gasteiger partial charge in [0, 0.05) is 25.6 Å². The molecular weight excluding hydrogens is 272 g/mol. The van der Waals surface area contributed by atoms with E-state index < -0.39 is 12.2 Å². The van der Waals surface area contributed by atoms with E-state index in [0.717, 1.165) is 0 Å². The van der Waals surface area contributed by atoms with Gasteiger partial charge in [0.1, 0.15) is 6.10 Å². The molecule has 4 atom stereocenters. The van der Waals surface area contributed by atoms with Crippen molar-refractivity contribution in [2.45, 2.75) is 25.2 Å². The quantitative estimate of drug-likeness (QED) is 0.726. The maximum atomic E-state index is 12.3. The number of hydrogen-bond donors (Lipinski definition) is 3. The largest absolute Gasteiger partial charge is 0.482 e. The molecular formula is C15H20N2O4. The molecule has 0 aromatic heterocycles. The fraction of sp³-hybridized carbons (Fsp3) is 0.533. The van der Waals surface area contributed by atoms with Gasteiger partial charge < -0.3 is 25.2 Å². The Kier molecular flexibility index (Phi) is 3.98. The van der Waals surface area contributed by atoms with Crippen molar-refractivity contribution in [3.8, 4) is 11.5 Å². The second-order valence-corrected chi connectivity index (χ2v) is 5.54. The van der Waals surface area contributed by atoms with Crippen LogP contribution in [-0.2, 0) is 4.79 Å². The van der Waals surface area contributed by atoms with Crippen molar-refractivity contribution in [3.05, 3.63) is 24.3 Å². The summed E-state index contributed by atoms with van der Waals surface area (Å²) >= 11 is 0. The Hall–Kier alpha value is -1.79. The number of nitrogens with one attached hydrogen (secondary N) is 2. The average molecular weight is 292 g/mol. The van der Waals surface area contributed by atoms with Crippen molar-refractivity contribution in [2.24, 2.45) is 5.92 Å². The Morgan fingerprint density at radius 3 is 2.71 bits per heavy atom. The third-order valence-electron chi connectivity index (χ3n) is 3.94. The fourth-order valence-corrected chi connectivity index (χ4v) is 2.67. The minimum atomic E-state index is -0.675. The zero-order valence-electron chi connectivity index (χ0n) is 11.9. The van der Waals surface area contributed by atoms with Gasteiger partial charge in [-0.1, -0.05) is 12.1 Å². The van der Waals surface area contributed by atoms with Crippen LogP contribution in [-0.4, -0.2) is 49.0 Å². The summed E-state index contributed by atoms with van der Waals surface area (Å²) in [5.74, 6) is 1.07. The first-order chi connectivity index (χ1) is 10.1. The Bertz CT molecular complexity index is 522. The molecule has 0 aliphatic carbocycles. The minimum absolute atomic E-state index is 0.0426. The summed E-state index contributed by atoms with van der Waals surface area (Å²) in [6.45, 7) is 3.53. The zero-order valence-corrected chi connectivity index (χ0v) is 11.9. The summed E-state index contributed by atoms with van der Waals surface area (Å²) in [6, 6.07) is 7.31. The van der Waals surface area contributed by atoms with Crippen molar-refractivity contribution in [2.75, 3.05) is 19.6 Å². The van der Waals surface area contributed by atoms with Crippen LogP contribution in [0.15, 0.2) is 24.3 Å². The predicted molar refractivity (Wildman–Crippen MR) is 76.3 cm³/mol. The van der Waals surface area contributed by atoms with E-state index in [1.54, 1.807) is 6.07 Å². The van der Waals surface area contributed by atoms with E-state index >= 15 is 0 Å². The summed E-state index contributed by atoms with van der Waals surface area (Å²) in [7, 11) is 0. The van der Waals surface area contributed by atoms with Crippen molar-refractivity contribution >= 4 is 5.91 Å². The second kappa shape index (κ2) is 5.91. The maximum absolute atomic E-state index is 12.3. The Morgan fingerprint density at radius 2 is 2.05 bits per heavy atom. The highest BCUT2D eigenvalue weighted by atomic mass is 16.6. The number of benzene rings is 1. The van der Waals surface area contributed by atoms with Crippen molar-refractivity contribution < 1.29 is 19.4 Å². The van der Waals surface area contributed by atoms with Crippen LogP contribution in [0.1, 0.15) is 6.92 Å². The van der Waals surface area contributed by atoms with Crippen molar-refractivity contribution in [1.29, 1.82) is 0 Å². The smallest absolute Gasteiger partial charge is 0.265 e. The summed E-state index contributed by atoms with van der Waals surface area (Å²) in [5, 5.41) is 15.7. The van der Waals surface area contributed by atoms with Crippen LogP contribution in [0.2, 0.25) is 0 Å². The molecule has 0 spiro atoms. The lowest BCUT2D eigenvalue weighted by molar-refractivity contribution is -0.133. The number of β-amino-alcohol motifs (C(OH)–C–C–N with tert-alkyl or cyclic N) is 1. The van der Waals surface area contributed by atoms with Gasteiger partial charge in [0.25, 0.3) is 5.91 Å². The molecule has 0 bridgehead atoms. The normalized spacial score (nSPS) is 31.0. The average Bonchev–Trinajstić information content (AvgIpc) is 2.89. The molecule has 1 fully saturated rings. The standard InChI is InChI=1S/C15H20N2O4/c1-9-14(21-13-5-3-2-4-12(13)20-9)15(19)17-7-10-6-16-8-11(10)18/h2-5,9-11,14,16,18H,6-8H2,1H3,(H,17,19). The van der Waals surface area contributed by atoms with Gasteiger partial charge >= 0.3 is 0 Å². The molecule has 0 radical (unpaired) electrons. The van der Waals surface area contributed by atoms with Crippen LogP contribution < -0.4 is 20.1 Å². The minimum Gasteiger partial charge on any atom is -0.482 e. The number of amides is 1. The molecule has 114 valence electrons. The third-order valence-corrected chi connectivity index (χ3v) is 3.94. The van der Waals surface area contributed by atoms with Gasteiger partial charge in [0.15, 0.2) is 11.5 Å². The SMILES string of the molecule is CC1Oc2ccccc2OC1C(=O)NCC1CNCC1O. The number of rotatable bonds is 3. The highest BCUT2D eigenvalue weighted by Crippen LogP contribution is 2.33. The summed E-state index contributed by atoms with van der Waals surface area (Å²) in [6.07, 6.45) is -1.44. The molecule has 4 unspecified atom stereocenters. The maximum Gasteiger partial charge on any atom is 0.265 e. The van der Waals surface area contributed by atoms with Crippen LogP contribution in [0.4, 0.5) is 0 Å². The number of fused-ring (bicyclic) bond motifs is 1. The number of aliphatic hydroxyl groups excluding tert-OH is 1. The van der Waals surface area contributed by atoms with E-state index in [-0.39, 0.29) is 17.9 Å². The Morgan fingerprint density at radius 1 is 1.33 bits per heavy atom. The monoisotopic (exact) mass is 292 g/mol. The van der Waals surface area contributed by atoms with Gasteiger partial charge in [-0.15, -0.1) is 0 Å². The number of hydrogen-bond acceptors (Lipinski definition) is 5. The first-order valence-electron chi connectivity index (χ1n) is 7.24. The van der Waals surface area contributed by atoms with Crippen LogP contribution in [0.3, 0.4) is 0 Å². The number of ether oxygens (including phenoxy) is 2. The number of aliphatic hydroxyl groups is 1. The van der Waals surface area contributed by atoms with E-state index in [1.807, 2.05) is 25.1 Å². The molecule has 6 nitrogen and oxygen atoms in total. The first-order valence-corrected chi connectivity index (χ1v) is 7.24. The molecule has 2 heterocycles. The molecule has 1 saturated heterocycles. The van der Waals surface area contributed by atoms with E-state index in [1.165, 1.54) is 0 Å². The van der Waals surface area contributed by atoms with Gasteiger partial charge in [0.2, 0.25) is 6.10 Å². The molecule has 1 aromatic rings. The summed E-state index contributed by atoms with van der Waals surface area (Å²) in [4.78, 5) is 12.3. The predicted octanol–water partition coefficient (Wildman–Crippen LogP) is -0.0886. The van der Waals surface area contributed by atoms with Gasteiger partial charge in [-0.2, -0.15) is 0 Å². The molecule has 21 heavy (non-hydrogen) atoms. The zero-order chi connectivity index (χ0) is 14.8. The molecule has 6 heteroatoms. The van der Waals surface area contributed by atoms with E-state index in [9.17, 15) is 9.90 Å².